The maximum atomic E-state index is 11.5. The van der Waals surface area contributed by atoms with E-state index in [-0.39, 0.29) is 11.3 Å². The Hall–Kier alpha value is 0.620. The average molecular weight is 360 g/mol. The fraction of sp³-hybridized carbons (Fsp3) is 0.143. The molecule has 0 saturated carbocycles. The van der Waals surface area contributed by atoms with Crippen LogP contribution in [-0.2, 0) is 16.5 Å². The third-order valence-electron chi connectivity index (χ3n) is 1.57. The molecule has 0 fully saturated rings. The van der Waals surface area contributed by atoms with Gasteiger partial charge in [-0.25, -0.2) is 4.57 Å². The predicted molar refractivity (Wildman–Crippen MR) is 67.8 cm³/mol. The van der Waals surface area contributed by atoms with Gasteiger partial charge in [0.05, 0.1) is 23.7 Å². The summed E-state index contributed by atoms with van der Waals surface area (Å²) in [7, 11) is -4.14. The molecule has 0 bridgehead atoms. The van der Waals surface area contributed by atoms with Crippen LogP contribution < -0.4 is 4.52 Å². The number of benzene rings is 1. The zero-order valence-electron chi connectivity index (χ0n) is 7.78. The summed E-state index contributed by atoms with van der Waals surface area (Å²) < 4.78 is 22.6. The standard InChI is InChI=1S/C7H4Cl5O4P/c8-7(9,10)5-3-1-2-4-6(5)14-17(13,15-11)16-12/h1-4H. The summed E-state index contributed by atoms with van der Waals surface area (Å²) >= 11 is 26.9. The Morgan fingerprint density at radius 2 is 1.59 bits per heavy atom. The minimum absolute atomic E-state index is 0.0443. The molecule has 0 aromatic heterocycles. The molecule has 17 heavy (non-hydrogen) atoms. The Morgan fingerprint density at radius 3 is 2.06 bits per heavy atom. The molecule has 1 rings (SSSR count). The van der Waals surface area contributed by atoms with Crippen LogP contribution in [0.25, 0.3) is 0 Å². The van der Waals surface area contributed by atoms with Crippen LogP contribution >= 0.6 is 66.4 Å². The maximum Gasteiger partial charge on any atom is 0.563 e. The van der Waals surface area contributed by atoms with Crippen LogP contribution in [0.2, 0.25) is 0 Å². The van der Waals surface area contributed by atoms with Crippen molar-refractivity contribution in [1.29, 1.82) is 0 Å². The molecule has 0 heterocycles. The summed E-state index contributed by atoms with van der Waals surface area (Å²) in [6, 6.07) is 5.99. The largest absolute Gasteiger partial charge is 0.563 e. The van der Waals surface area contributed by atoms with Crippen molar-refractivity contribution in [3.8, 4) is 5.75 Å². The Balaban J connectivity index is 3.12. The first-order chi connectivity index (χ1) is 7.82. The SMILES string of the molecule is O=P(OCl)(OCl)Oc1ccccc1C(Cl)(Cl)Cl. The first-order valence-corrected chi connectivity index (χ1v) is 7.10. The van der Waals surface area contributed by atoms with Gasteiger partial charge < -0.3 is 4.52 Å². The third-order valence-corrected chi connectivity index (χ3v) is 3.95. The van der Waals surface area contributed by atoms with E-state index >= 15 is 0 Å². The van der Waals surface area contributed by atoms with Gasteiger partial charge in [-0.3, -0.25) is 0 Å². The lowest BCUT2D eigenvalue weighted by Gasteiger charge is -2.18. The van der Waals surface area contributed by atoms with E-state index in [0.29, 0.717) is 0 Å². The van der Waals surface area contributed by atoms with Gasteiger partial charge in [0.15, 0.2) is 0 Å². The highest BCUT2D eigenvalue weighted by molar-refractivity contribution is 7.50. The Morgan fingerprint density at radius 1 is 1.06 bits per heavy atom. The highest BCUT2D eigenvalue weighted by Gasteiger charge is 2.33. The fourth-order valence-electron chi connectivity index (χ4n) is 0.940. The molecule has 10 heteroatoms. The van der Waals surface area contributed by atoms with Crippen molar-refractivity contribution in [2.75, 3.05) is 0 Å². The summed E-state index contributed by atoms with van der Waals surface area (Å²) in [5.41, 5.74) is 0.132. The first kappa shape index (κ1) is 15.7. The second kappa shape index (κ2) is 6.18. The zero-order chi connectivity index (χ0) is 13.1. The molecule has 0 N–H and O–H groups in total. The van der Waals surface area contributed by atoms with Gasteiger partial charge in [0.1, 0.15) is 5.75 Å². The van der Waals surface area contributed by atoms with Crippen molar-refractivity contribution >= 4 is 66.4 Å². The van der Waals surface area contributed by atoms with Crippen LogP contribution in [-0.4, -0.2) is 0 Å². The minimum Gasteiger partial charge on any atom is -0.402 e. The second-order valence-corrected chi connectivity index (χ2v) is 7.13. The Kier molecular flexibility index (Phi) is 5.70. The lowest BCUT2D eigenvalue weighted by atomic mass is 10.2. The number of halogens is 5. The van der Waals surface area contributed by atoms with Crippen molar-refractivity contribution in [2.45, 2.75) is 3.79 Å². The lowest BCUT2D eigenvalue weighted by Crippen LogP contribution is -2.04. The third kappa shape index (κ3) is 4.34. The predicted octanol–water partition coefficient (Wildman–Crippen LogP) is 5.34. The topological polar surface area (TPSA) is 44.8 Å². The normalized spacial score (nSPS) is 12.5. The van der Waals surface area contributed by atoms with Gasteiger partial charge >= 0.3 is 7.82 Å². The van der Waals surface area contributed by atoms with Crippen LogP contribution in [0.3, 0.4) is 0 Å². The molecule has 96 valence electrons. The maximum absolute atomic E-state index is 11.5. The lowest BCUT2D eigenvalue weighted by molar-refractivity contribution is 0.317. The molecule has 0 saturated heterocycles. The van der Waals surface area contributed by atoms with Crippen molar-refractivity contribution in [2.24, 2.45) is 0 Å². The van der Waals surface area contributed by atoms with Crippen molar-refractivity contribution in [1.82, 2.24) is 0 Å². The van der Waals surface area contributed by atoms with E-state index in [1.165, 1.54) is 12.1 Å². The van der Waals surface area contributed by atoms with E-state index in [2.05, 4.69) is 8.15 Å². The molecule has 0 aliphatic carbocycles. The van der Waals surface area contributed by atoms with Gasteiger partial charge in [-0.2, -0.15) is 8.15 Å². The highest BCUT2D eigenvalue weighted by atomic mass is 35.6. The van der Waals surface area contributed by atoms with E-state index in [1.54, 1.807) is 12.1 Å². The molecule has 0 spiro atoms. The smallest absolute Gasteiger partial charge is 0.402 e. The summed E-state index contributed by atoms with van der Waals surface area (Å²) in [5, 5.41) is 0. The van der Waals surface area contributed by atoms with Crippen molar-refractivity contribution < 1.29 is 17.2 Å². The minimum atomic E-state index is -4.14. The molecule has 0 aliphatic heterocycles. The van der Waals surface area contributed by atoms with Gasteiger partial charge in [0, 0.05) is 5.56 Å². The highest BCUT2D eigenvalue weighted by Crippen LogP contribution is 2.54. The number of rotatable bonds is 4. The van der Waals surface area contributed by atoms with Gasteiger partial charge in [-0.05, 0) is 6.07 Å². The van der Waals surface area contributed by atoms with E-state index in [4.69, 9.17) is 63.1 Å². The van der Waals surface area contributed by atoms with Crippen LogP contribution in [0, 0.1) is 0 Å². The van der Waals surface area contributed by atoms with E-state index in [9.17, 15) is 4.57 Å². The van der Waals surface area contributed by atoms with Gasteiger partial charge in [0.25, 0.3) is 0 Å². The van der Waals surface area contributed by atoms with Gasteiger partial charge in [0.2, 0.25) is 3.79 Å². The molecule has 1 aromatic rings. The molecule has 0 radical (unpaired) electrons. The van der Waals surface area contributed by atoms with Crippen LogP contribution in [0.5, 0.6) is 5.75 Å². The summed E-state index contributed by atoms with van der Waals surface area (Å²) in [4.78, 5) is 0. The number of hydrogen-bond donors (Lipinski definition) is 0. The number of para-hydroxylation sites is 1. The second-order valence-electron chi connectivity index (χ2n) is 2.67. The molecule has 0 atom stereocenters. The Labute approximate surface area is 123 Å². The number of hydrogen-bond acceptors (Lipinski definition) is 4. The molecular formula is C7H4Cl5O4P. The quantitative estimate of drug-likeness (QED) is 0.537. The molecule has 0 aliphatic rings. The van der Waals surface area contributed by atoms with E-state index in [1.807, 2.05) is 0 Å². The summed E-state index contributed by atoms with van der Waals surface area (Å²) in [6.45, 7) is 0. The fourth-order valence-corrected chi connectivity index (χ4v) is 2.31. The van der Waals surface area contributed by atoms with Crippen LogP contribution in [0.15, 0.2) is 24.3 Å². The molecule has 0 unspecified atom stereocenters. The Bertz CT molecular complexity index is 427. The summed E-state index contributed by atoms with van der Waals surface area (Å²) in [5.74, 6) is -0.0443. The van der Waals surface area contributed by atoms with Crippen molar-refractivity contribution in [3.63, 3.8) is 0 Å². The molecule has 1 aromatic carbocycles. The van der Waals surface area contributed by atoms with Crippen molar-refractivity contribution in [3.05, 3.63) is 29.8 Å². The van der Waals surface area contributed by atoms with Crippen LogP contribution in [0.4, 0.5) is 0 Å². The van der Waals surface area contributed by atoms with Gasteiger partial charge in [-0.15, -0.1) is 0 Å². The molecular weight excluding hydrogens is 356 g/mol. The summed E-state index contributed by atoms with van der Waals surface area (Å²) in [6.07, 6.45) is 0. The zero-order valence-corrected chi connectivity index (χ0v) is 12.5. The molecule has 4 nitrogen and oxygen atoms in total. The van der Waals surface area contributed by atoms with Gasteiger partial charge in [-0.1, -0.05) is 53.0 Å². The van der Waals surface area contributed by atoms with Crippen LogP contribution in [0.1, 0.15) is 5.56 Å². The first-order valence-electron chi connectivity index (χ1n) is 3.89. The number of phosphoric acid groups is 1. The average Bonchev–Trinajstić information content (AvgIpc) is 2.28. The monoisotopic (exact) mass is 358 g/mol. The molecule has 0 amide bonds. The van der Waals surface area contributed by atoms with E-state index in [0.717, 1.165) is 0 Å². The van der Waals surface area contributed by atoms with E-state index < -0.39 is 11.6 Å². The number of alkyl halides is 3.